The Morgan fingerprint density at radius 3 is 2.57 bits per heavy atom. The van der Waals surface area contributed by atoms with Gasteiger partial charge in [-0.15, -0.1) is 0 Å². The summed E-state index contributed by atoms with van der Waals surface area (Å²) in [6, 6.07) is 12.4. The third-order valence-corrected chi connectivity index (χ3v) is 4.89. The second-order valence-corrected chi connectivity index (χ2v) is 6.89. The highest BCUT2D eigenvalue weighted by atomic mass is 16.5. The van der Waals surface area contributed by atoms with E-state index in [-0.39, 0.29) is 18.2 Å². The molecule has 1 heterocycles. The first-order valence-electron chi connectivity index (χ1n) is 9.28. The summed E-state index contributed by atoms with van der Waals surface area (Å²) in [5, 5.41) is 11.9. The average molecular weight is 377 g/mol. The number of amides is 2. The van der Waals surface area contributed by atoms with Gasteiger partial charge in [-0.3, -0.25) is 9.59 Å². The number of carbonyl (C=O) groups is 2. The minimum Gasteiger partial charge on any atom is -0.496 e. The van der Waals surface area contributed by atoms with Crippen LogP contribution in [-0.4, -0.2) is 36.9 Å². The molecule has 1 aliphatic rings. The van der Waals surface area contributed by atoms with Crippen molar-refractivity contribution in [3.05, 3.63) is 58.7 Å². The van der Waals surface area contributed by atoms with Crippen LogP contribution in [0.25, 0.3) is 0 Å². The van der Waals surface area contributed by atoms with Gasteiger partial charge < -0.3 is 15.0 Å². The zero-order valence-corrected chi connectivity index (χ0v) is 16.1. The predicted octanol–water partition coefficient (Wildman–Crippen LogP) is 3.29. The first-order chi connectivity index (χ1) is 13.5. The van der Waals surface area contributed by atoms with Crippen molar-refractivity contribution in [1.82, 2.24) is 4.90 Å². The largest absolute Gasteiger partial charge is 0.496 e. The maximum absolute atomic E-state index is 12.6. The highest BCUT2D eigenvalue weighted by molar-refractivity contribution is 5.97. The molecule has 0 aromatic heterocycles. The number of likely N-dealkylation sites (tertiary alicyclic amines) is 1. The molecule has 0 aliphatic carbocycles. The van der Waals surface area contributed by atoms with E-state index in [1.54, 1.807) is 30.3 Å². The van der Waals surface area contributed by atoms with Gasteiger partial charge in [-0.05, 0) is 61.7 Å². The van der Waals surface area contributed by atoms with Crippen molar-refractivity contribution >= 4 is 17.5 Å². The number of rotatable bonds is 5. The van der Waals surface area contributed by atoms with Crippen LogP contribution in [0.5, 0.6) is 5.75 Å². The molecule has 6 nitrogen and oxygen atoms in total. The Hall–Kier alpha value is -3.33. The lowest BCUT2D eigenvalue weighted by Crippen LogP contribution is -2.28. The van der Waals surface area contributed by atoms with Gasteiger partial charge in [-0.2, -0.15) is 5.26 Å². The first kappa shape index (κ1) is 19.4. The number of nitrogens with zero attached hydrogens (tertiary/aromatic N) is 2. The predicted molar refractivity (Wildman–Crippen MR) is 106 cm³/mol. The van der Waals surface area contributed by atoms with Crippen molar-refractivity contribution in [2.75, 3.05) is 25.5 Å². The second kappa shape index (κ2) is 8.57. The molecule has 0 radical (unpaired) electrons. The molecule has 3 rings (SSSR count). The Labute approximate surface area is 164 Å². The van der Waals surface area contributed by atoms with Gasteiger partial charge in [0.05, 0.1) is 25.2 Å². The molecule has 2 aromatic carbocycles. The zero-order chi connectivity index (χ0) is 20.1. The van der Waals surface area contributed by atoms with Crippen LogP contribution in [-0.2, 0) is 11.2 Å². The van der Waals surface area contributed by atoms with E-state index in [9.17, 15) is 9.59 Å². The molecule has 1 aliphatic heterocycles. The Kier molecular flexibility index (Phi) is 5.95. The number of benzene rings is 2. The zero-order valence-electron chi connectivity index (χ0n) is 16.1. The number of carbonyl (C=O) groups excluding carboxylic acids is 2. The highest BCUT2D eigenvalue weighted by Gasteiger charge is 2.21. The Bertz CT molecular complexity index is 941. The van der Waals surface area contributed by atoms with Crippen molar-refractivity contribution in [3.8, 4) is 11.8 Å². The van der Waals surface area contributed by atoms with Crippen molar-refractivity contribution < 1.29 is 14.3 Å². The topological polar surface area (TPSA) is 82.4 Å². The monoisotopic (exact) mass is 377 g/mol. The minimum atomic E-state index is -0.216. The van der Waals surface area contributed by atoms with E-state index in [1.807, 2.05) is 17.9 Å². The summed E-state index contributed by atoms with van der Waals surface area (Å²) in [6.45, 7) is 3.49. The molecule has 1 fully saturated rings. The van der Waals surface area contributed by atoms with E-state index in [4.69, 9.17) is 10.00 Å². The summed E-state index contributed by atoms with van der Waals surface area (Å²) in [5.74, 6) is 0.397. The molecule has 0 unspecified atom stereocenters. The van der Waals surface area contributed by atoms with Crippen molar-refractivity contribution in [3.63, 3.8) is 0 Å². The lowest BCUT2D eigenvalue weighted by atomic mass is 10.1. The lowest BCUT2D eigenvalue weighted by Gasteiger charge is -2.17. The number of aryl methyl sites for hydroxylation is 1. The number of hydrogen-bond donors (Lipinski definition) is 1. The number of ether oxygens (including phenoxy) is 1. The number of hydrogen-bond acceptors (Lipinski definition) is 4. The number of nitriles is 1. The van der Waals surface area contributed by atoms with E-state index < -0.39 is 0 Å². The third-order valence-electron chi connectivity index (χ3n) is 4.89. The van der Waals surface area contributed by atoms with Gasteiger partial charge in [0.15, 0.2) is 0 Å². The van der Waals surface area contributed by atoms with E-state index >= 15 is 0 Å². The van der Waals surface area contributed by atoms with Crippen LogP contribution in [0.15, 0.2) is 36.4 Å². The van der Waals surface area contributed by atoms with Crippen LogP contribution in [0.2, 0.25) is 0 Å². The molecule has 0 atom stereocenters. The molecule has 0 bridgehead atoms. The van der Waals surface area contributed by atoms with E-state index in [2.05, 4.69) is 11.4 Å². The maximum Gasteiger partial charge on any atom is 0.254 e. The minimum absolute atomic E-state index is 0.0472. The summed E-state index contributed by atoms with van der Waals surface area (Å²) >= 11 is 0. The van der Waals surface area contributed by atoms with Crippen LogP contribution in [0.1, 0.15) is 39.9 Å². The summed E-state index contributed by atoms with van der Waals surface area (Å²) < 4.78 is 5.27. The van der Waals surface area contributed by atoms with Gasteiger partial charge >= 0.3 is 0 Å². The second-order valence-electron chi connectivity index (χ2n) is 6.89. The Balaban J connectivity index is 1.70. The molecule has 0 spiro atoms. The maximum atomic E-state index is 12.6. The molecule has 1 saturated heterocycles. The number of anilines is 1. The van der Waals surface area contributed by atoms with Gasteiger partial charge in [0.1, 0.15) is 5.75 Å². The SMILES string of the molecule is COc1ccc(C#N)cc1CC(=O)Nc1ccc(C(=O)N2CCCC2)c(C)c1. The number of nitrogens with one attached hydrogen (secondary N) is 1. The van der Waals surface area contributed by atoms with Gasteiger partial charge in [-0.25, -0.2) is 0 Å². The van der Waals surface area contributed by atoms with Crippen LogP contribution >= 0.6 is 0 Å². The molecule has 6 heteroatoms. The fourth-order valence-electron chi connectivity index (χ4n) is 3.44. The summed E-state index contributed by atoms with van der Waals surface area (Å²) in [7, 11) is 1.53. The van der Waals surface area contributed by atoms with E-state index in [0.717, 1.165) is 31.5 Å². The molecule has 144 valence electrons. The van der Waals surface area contributed by atoms with E-state index in [0.29, 0.717) is 28.1 Å². The van der Waals surface area contributed by atoms with Crippen LogP contribution in [0, 0.1) is 18.3 Å². The highest BCUT2D eigenvalue weighted by Crippen LogP contribution is 2.22. The summed E-state index contributed by atoms with van der Waals surface area (Å²) in [4.78, 5) is 26.9. The first-order valence-corrected chi connectivity index (χ1v) is 9.28. The molecular weight excluding hydrogens is 354 g/mol. The normalized spacial score (nSPS) is 13.1. The lowest BCUT2D eigenvalue weighted by molar-refractivity contribution is -0.115. The van der Waals surface area contributed by atoms with E-state index in [1.165, 1.54) is 7.11 Å². The average Bonchev–Trinajstić information content (AvgIpc) is 3.22. The number of methoxy groups -OCH3 is 1. The quantitative estimate of drug-likeness (QED) is 0.867. The smallest absolute Gasteiger partial charge is 0.254 e. The van der Waals surface area contributed by atoms with Crippen LogP contribution in [0.4, 0.5) is 5.69 Å². The van der Waals surface area contributed by atoms with Gasteiger partial charge in [0, 0.05) is 29.9 Å². The van der Waals surface area contributed by atoms with Crippen LogP contribution < -0.4 is 10.1 Å². The van der Waals surface area contributed by atoms with Gasteiger partial charge in [-0.1, -0.05) is 0 Å². The van der Waals surface area contributed by atoms with Gasteiger partial charge in [0.2, 0.25) is 5.91 Å². The Morgan fingerprint density at radius 2 is 1.93 bits per heavy atom. The van der Waals surface area contributed by atoms with Crippen molar-refractivity contribution in [2.45, 2.75) is 26.2 Å². The summed E-state index contributed by atoms with van der Waals surface area (Å²) in [6.07, 6.45) is 2.19. The molecule has 0 saturated carbocycles. The van der Waals surface area contributed by atoms with Crippen molar-refractivity contribution in [1.29, 1.82) is 5.26 Å². The molecule has 28 heavy (non-hydrogen) atoms. The third kappa shape index (κ3) is 4.32. The fraction of sp³-hybridized carbons (Fsp3) is 0.318. The molecular formula is C22H23N3O3. The summed E-state index contributed by atoms with van der Waals surface area (Å²) in [5.41, 5.74) is 3.26. The van der Waals surface area contributed by atoms with Gasteiger partial charge in [0.25, 0.3) is 5.91 Å². The Morgan fingerprint density at radius 1 is 1.18 bits per heavy atom. The van der Waals surface area contributed by atoms with Crippen LogP contribution in [0.3, 0.4) is 0 Å². The fourth-order valence-corrected chi connectivity index (χ4v) is 3.44. The van der Waals surface area contributed by atoms with Crippen molar-refractivity contribution in [2.24, 2.45) is 0 Å². The molecule has 1 N–H and O–H groups in total. The molecule has 2 aromatic rings. The standard InChI is InChI=1S/C22H23N3O3/c1-15-11-18(6-7-19(15)22(27)25-9-3-4-10-25)24-21(26)13-17-12-16(14-23)5-8-20(17)28-2/h5-8,11-12H,3-4,9-10,13H2,1-2H3,(H,24,26). The molecule has 2 amide bonds.